The molecule has 8 heteroatoms. The van der Waals surface area contributed by atoms with Crippen molar-refractivity contribution in [2.45, 2.75) is 31.9 Å². The molecule has 0 spiro atoms. The molecule has 1 unspecified atom stereocenters. The molecule has 3 aromatic rings. The van der Waals surface area contributed by atoms with E-state index >= 15 is 0 Å². The molecule has 178 valence electrons. The van der Waals surface area contributed by atoms with Gasteiger partial charge < -0.3 is 19.3 Å². The fraction of sp³-hybridized carbons (Fsp3) is 0.423. The zero-order valence-electron chi connectivity index (χ0n) is 19.1. The molecule has 1 atom stereocenters. The number of H-pyrrole nitrogens is 1. The van der Waals surface area contributed by atoms with Crippen molar-refractivity contribution in [2.24, 2.45) is 0 Å². The van der Waals surface area contributed by atoms with Gasteiger partial charge in [-0.25, -0.2) is 0 Å². The highest BCUT2D eigenvalue weighted by Crippen LogP contribution is 2.34. The molecule has 0 radical (unpaired) electrons. The Kier molecular flexibility index (Phi) is 6.07. The summed E-state index contributed by atoms with van der Waals surface area (Å²) in [6.07, 6.45) is 3.05. The predicted molar refractivity (Wildman–Crippen MR) is 129 cm³/mol. The Balaban J connectivity index is 1.38. The molecule has 6 rings (SSSR count). The van der Waals surface area contributed by atoms with E-state index in [4.69, 9.17) is 14.2 Å². The van der Waals surface area contributed by atoms with E-state index in [1.807, 2.05) is 12.1 Å². The van der Waals surface area contributed by atoms with Crippen molar-refractivity contribution >= 4 is 16.5 Å². The summed E-state index contributed by atoms with van der Waals surface area (Å²) in [4.78, 5) is 2.49. The average Bonchev–Trinajstić information content (AvgIpc) is 3.25. The molecule has 1 saturated heterocycles. The smallest absolute Gasteiger partial charge is 0.213 e. The maximum absolute atomic E-state index is 10.2. The molecule has 34 heavy (non-hydrogen) atoms. The molecule has 8 nitrogen and oxygen atoms in total. The lowest BCUT2D eigenvalue weighted by Gasteiger charge is -2.38. The molecular formula is C26H30N4O4. The van der Waals surface area contributed by atoms with Gasteiger partial charge in [-0.1, -0.05) is 6.08 Å². The molecule has 4 bridgehead atoms. The van der Waals surface area contributed by atoms with Crippen LogP contribution < -0.4 is 10.1 Å². The van der Waals surface area contributed by atoms with Crippen LogP contribution >= 0.6 is 0 Å². The number of fused-ring (bicyclic) bond motifs is 4. The summed E-state index contributed by atoms with van der Waals surface area (Å²) in [6, 6.07) is 13.1. The summed E-state index contributed by atoms with van der Waals surface area (Å²) in [7, 11) is 0. The quantitative estimate of drug-likeness (QED) is 0.539. The number of hydrogen-bond donors (Lipinski definition) is 3. The Morgan fingerprint density at radius 2 is 2.00 bits per heavy atom. The van der Waals surface area contributed by atoms with Gasteiger partial charge in [0.2, 0.25) is 6.41 Å². The Labute approximate surface area is 198 Å². The first-order valence-corrected chi connectivity index (χ1v) is 12.0. The number of aromatic amines is 1. The number of ether oxygens (including phenoxy) is 3. The summed E-state index contributed by atoms with van der Waals surface area (Å²) in [5.41, 5.74) is 6.40. The predicted octanol–water partition coefficient (Wildman–Crippen LogP) is 2.88. The second-order valence-electron chi connectivity index (χ2n) is 9.18. The maximum Gasteiger partial charge on any atom is 0.213 e. The van der Waals surface area contributed by atoms with Gasteiger partial charge in [0.1, 0.15) is 11.4 Å². The van der Waals surface area contributed by atoms with Crippen molar-refractivity contribution in [1.82, 2.24) is 20.4 Å². The number of aromatic nitrogens is 2. The summed E-state index contributed by atoms with van der Waals surface area (Å²) in [5.74, 6) is 0.813. The van der Waals surface area contributed by atoms with Gasteiger partial charge in [-0.2, -0.15) is 5.10 Å². The highest BCUT2D eigenvalue weighted by molar-refractivity contribution is 5.94. The van der Waals surface area contributed by atoms with Gasteiger partial charge in [-0.15, -0.1) is 0 Å². The van der Waals surface area contributed by atoms with Crippen LogP contribution in [0.2, 0.25) is 0 Å². The van der Waals surface area contributed by atoms with Crippen LogP contribution in [0.25, 0.3) is 27.7 Å². The molecule has 3 aliphatic rings. The van der Waals surface area contributed by atoms with Crippen molar-refractivity contribution in [3.63, 3.8) is 0 Å². The molecular weight excluding hydrogens is 432 g/mol. The van der Waals surface area contributed by atoms with Gasteiger partial charge in [-0.05, 0) is 65.9 Å². The van der Waals surface area contributed by atoms with E-state index in [2.05, 4.69) is 50.8 Å². The molecule has 0 amide bonds. The van der Waals surface area contributed by atoms with Gasteiger partial charge in [0, 0.05) is 30.6 Å². The zero-order valence-corrected chi connectivity index (χ0v) is 19.1. The number of aliphatic hydroxyl groups excluding tert-OH is 1. The van der Waals surface area contributed by atoms with Crippen LogP contribution in [0.5, 0.6) is 5.75 Å². The Hall–Kier alpha value is -2.75. The summed E-state index contributed by atoms with van der Waals surface area (Å²) in [5, 5.41) is 22.1. The molecule has 0 aliphatic carbocycles. The summed E-state index contributed by atoms with van der Waals surface area (Å²) >= 11 is 0. The van der Waals surface area contributed by atoms with Crippen LogP contribution in [-0.2, 0) is 16.1 Å². The zero-order chi connectivity index (χ0) is 22.9. The van der Waals surface area contributed by atoms with E-state index in [0.29, 0.717) is 25.8 Å². The highest BCUT2D eigenvalue weighted by Gasteiger charge is 2.27. The van der Waals surface area contributed by atoms with E-state index in [0.717, 1.165) is 72.6 Å². The van der Waals surface area contributed by atoms with Crippen molar-refractivity contribution in [2.75, 3.05) is 39.5 Å². The van der Waals surface area contributed by atoms with Gasteiger partial charge in [0.25, 0.3) is 0 Å². The van der Waals surface area contributed by atoms with Crippen LogP contribution in [0.3, 0.4) is 0 Å². The maximum atomic E-state index is 10.2. The monoisotopic (exact) mass is 462 g/mol. The topological polar surface area (TPSA) is 91.9 Å². The third-order valence-corrected chi connectivity index (χ3v) is 6.87. The van der Waals surface area contributed by atoms with Crippen LogP contribution in [0, 0.1) is 0 Å². The molecule has 3 N–H and O–H groups in total. The average molecular weight is 463 g/mol. The number of nitrogens with one attached hydrogen (secondary N) is 2. The molecule has 1 aromatic heterocycles. The highest BCUT2D eigenvalue weighted by atomic mass is 16.6. The molecule has 2 aromatic carbocycles. The lowest BCUT2D eigenvalue weighted by molar-refractivity contribution is -0.128. The van der Waals surface area contributed by atoms with Crippen molar-refractivity contribution in [3.05, 3.63) is 53.6 Å². The fourth-order valence-corrected chi connectivity index (χ4v) is 4.83. The Bertz CT molecular complexity index is 1200. The molecule has 1 fully saturated rings. The van der Waals surface area contributed by atoms with Crippen molar-refractivity contribution < 1.29 is 19.3 Å². The second-order valence-corrected chi connectivity index (χ2v) is 9.18. The number of rotatable bonds is 2. The Morgan fingerprint density at radius 3 is 2.82 bits per heavy atom. The van der Waals surface area contributed by atoms with E-state index in [-0.39, 0.29) is 0 Å². The number of hydrogen-bond acceptors (Lipinski definition) is 7. The van der Waals surface area contributed by atoms with Gasteiger partial charge in [-0.3, -0.25) is 15.3 Å². The van der Waals surface area contributed by atoms with Gasteiger partial charge in [0.15, 0.2) is 0 Å². The molecule has 4 heterocycles. The third-order valence-electron chi connectivity index (χ3n) is 6.87. The van der Waals surface area contributed by atoms with Crippen LogP contribution in [0.15, 0.2) is 42.5 Å². The van der Waals surface area contributed by atoms with Crippen molar-refractivity contribution in [3.8, 4) is 17.0 Å². The normalized spacial score (nSPS) is 22.5. The third kappa shape index (κ3) is 4.47. The standard InChI is InChI=1S/C26H30N4O4/c31-26-27-6-1-9-33-22-2-3-24-23(13-22)25(29-28-24)20-11-17(14-34-26)10-19(12-20)18-4-7-30(8-5-18)21-15-32-16-21/h2-4,10-13,21,26-27,31H,1,5-9,14-16H2,(H,28,29). The van der Waals surface area contributed by atoms with Gasteiger partial charge >= 0.3 is 0 Å². The van der Waals surface area contributed by atoms with Crippen LogP contribution in [-0.4, -0.2) is 72.1 Å². The number of nitrogens with zero attached hydrogens (tertiary/aromatic N) is 2. The van der Waals surface area contributed by atoms with Crippen LogP contribution in [0.1, 0.15) is 24.0 Å². The van der Waals surface area contributed by atoms with Crippen molar-refractivity contribution in [1.29, 1.82) is 0 Å². The van der Waals surface area contributed by atoms with Gasteiger partial charge in [0.05, 0.1) is 38.0 Å². The minimum atomic E-state index is -1.03. The minimum Gasteiger partial charge on any atom is -0.494 e. The first-order valence-electron chi connectivity index (χ1n) is 12.0. The van der Waals surface area contributed by atoms with Crippen LogP contribution in [0.4, 0.5) is 0 Å². The summed E-state index contributed by atoms with van der Waals surface area (Å²) in [6.45, 7) is 5.11. The second kappa shape index (κ2) is 9.48. The van der Waals surface area contributed by atoms with E-state index in [9.17, 15) is 5.11 Å². The lowest BCUT2D eigenvalue weighted by Crippen LogP contribution is -2.50. The molecule has 0 saturated carbocycles. The van der Waals surface area contributed by atoms with E-state index in [1.54, 1.807) is 0 Å². The number of benzene rings is 2. The SMILES string of the molecule is OC1NCCCOc2ccc3[nH]nc(c3c2)-c2cc(cc(C3=CCN(C4COC4)CC3)c2)CO1. The molecule has 3 aliphatic heterocycles. The first-order chi connectivity index (χ1) is 16.7. The number of aliphatic hydroxyl groups is 1. The first kappa shape index (κ1) is 21.8. The summed E-state index contributed by atoms with van der Waals surface area (Å²) < 4.78 is 17.0. The largest absolute Gasteiger partial charge is 0.494 e. The van der Waals surface area contributed by atoms with E-state index in [1.165, 1.54) is 11.1 Å². The minimum absolute atomic E-state index is 0.304. The fourth-order valence-electron chi connectivity index (χ4n) is 4.83. The lowest BCUT2D eigenvalue weighted by atomic mass is 9.93. The van der Waals surface area contributed by atoms with E-state index < -0.39 is 6.41 Å². The Morgan fingerprint density at radius 1 is 1.09 bits per heavy atom.